The molecule has 1 aromatic rings. The van der Waals surface area contributed by atoms with Gasteiger partial charge in [-0.2, -0.15) is 0 Å². The highest BCUT2D eigenvalue weighted by atomic mass is 16.5. The first kappa shape index (κ1) is 18.7. The summed E-state index contributed by atoms with van der Waals surface area (Å²) in [6.07, 6.45) is 3.00. The van der Waals surface area contributed by atoms with Gasteiger partial charge in [0.05, 0.1) is 13.0 Å². The zero-order valence-corrected chi connectivity index (χ0v) is 13.7. The molecule has 1 amide bonds. The number of amides is 1. The lowest BCUT2D eigenvalue weighted by molar-refractivity contribution is -0.142. The van der Waals surface area contributed by atoms with Gasteiger partial charge in [0.15, 0.2) is 0 Å². The molecule has 2 N–H and O–H groups in total. The fourth-order valence-electron chi connectivity index (χ4n) is 2.18. The Kier molecular flexibility index (Phi) is 7.88. The van der Waals surface area contributed by atoms with E-state index in [0.717, 1.165) is 11.3 Å². The van der Waals surface area contributed by atoms with Gasteiger partial charge in [-0.25, -0.2) is 4.79 Å². The molecule has 0 aliphatic heterocycles. The minimum Gasteiger partial charge on any atom is -0.493 e. The van der Waals surface area contributed by atoms with Crippen molar-refractivity contribution < 1.29 is 19.4 Å². The van der Waals surface area contributed by atoms with Crippen LogP contribution in [0.25, 0.3) is 0 Å². The van der Waals surface area contributed by atoms with Crippen LogP contribution >= 0.6 is 0 Å². The maximum Gasteiger partial charge on any atom is 0.326 e. The number of allylic oxidation sites excluding steroid dienone is 1. The second-order valence-corrected chi connectivity index (χ2v) is 5.79. The maximum atomic E-state index is 11.9. The lowest BCUT2D eigenvalue weighted by Gasteiger charge is -2.16. The average molecular weight is 319 g/mol. The van der Waals surface area contributed by atoms with E-state index in [1.54, 1.807) is 6.08 Å². The first-order chi connectivity index (χ1) is 10.9. The van der Waals surface area contributed by atoms with E-state index in [2.05, 4.69) is 11.9 Å². The Bertz CT molecular complexity index is 540. The van der Waals surface area contributed by atoms with Gasteiger partial charge in [0.2, 0.25) is 5.91 Å². The van der Waals surface area contributed by atoms with E-state index < -0.39 is 12.0 Å². The highest BCUT2D eigenvalue weighted by Gasteiger charge is 2.20. The van der Waals surface area contributed by atoms with E-state index in [0.29, 0.717) is 12.8 Å². The van der Waals surface area contributed by atoms with Crippen molar-refractivity contribution in [2.75, 3.05) is 6.61 Å². The van der Waals surface area contributed by atoms with Crippen molar-refractivity contribution >= 4 is 11.9 Å². The summed E-state index contributed by atoms with van der Waals surface area (Å²) in [5.41, 5.74) is 1.01. The summed E-state index contributed by atoms with van der Waals surface area (Å²) in [4.78, 5) is 23.0. The van der Waals surface area contributed by atoms with Crippen LogP contribution in [-0.4, -0.2) is 29.6 Å². The summed E-state index contributed by atoms with van der Waals surface area (Å²) < 4.78 is 5.63. The summed E-state index contributed by atoms with van der Waals surface area (Å²) in [6, 6.07) is 6.72. The molecule has 23 heavy (non-hydrogen) atoms. The van der Waals surface area contributed by atoms with Crippen LogP contribution in [0.15, 0.2) is 36.9 Å². The SMILES string of the molecule is C=CCc1ccccc1OCCC(=O)NC(CC(C)C)C(=O)O. The van der Waals surface area contributed by atoms with Gasteiger partial charge >= 0.3 is 5.97 Å². The first-order valence-electron chi connectivity index (χ1n) is 7.77. The van der Waals surface area contributed by atoms with Gasteiger partial charge in [0.25, 0.3) is 0 Å². The summed E-state index contributed by atoms with van der Waals surface area (Å²) in [5.74, 6) is -0.417. The minimum absolute atomic E-state index is 0.115. The zero-order chi connectivity index (χ0) is 17.2. The molecule has 1 unspecified atom stereocenters. The third-order valence-electron chi connectivity index (χ3n) is 3.26. The van der Waals surface area contributed by atoms with Crippen LogP contribution in [0.3, 0.4) is 0 Å². The van der Waals surface area contributed by atoms with Crippen molar-refractivity contribution in [1.29, 1.82) is 0 Å². The molecule has 0 spiro atoms. The number of benzene rings is 1. The number of carbonyl (C=O) groups excluding carboxylic acids is 1. The molecule has 126 valence electrons. The van der Waals surface area contributed by atoms with Crippen molar-refractivity contribution in [3.8, 4) is 5.75 Å². The quantitative estimate of drug-likeness (QED) is 0.650. The number of carboxylic acids is 1. The van der Waals surface area contributed by atoms with E-state index in [1.165, 1.54) is 0 Å². The highest BCUT2D eigenvalue weighted by Crippen LogP contribution is 2.18. The van der Waals surface area contributed by atoms with Crippen LogP contribution in [0.2, 0.25) is 0 Å². The Balaban J connectivity index is 2.47. The average Bonchev–Trinajstić information content (AvgIpc) is 2.48. The third kappa shape index (κ3) is 7.00. The summed E-state index contributed by atoms with van der Waals surface area (Å²) in [6.45, 7) is 7.74. The van der Waals surface area contributed by atoms with E-state index in [4.69, 9.17) is 9.84 Å². The number of rotatable bonds is 10. The van der Waals surface area contributed by atoms with Gasteiger partial charge in [-0.05, 0) is 30.4 Å². The van der Waals surface area contributed by atoms with Gasteiger partial charge in [-0.3, -0.25) is 4.79 Å². The molecule has 5 nitrogen and oxygen atoms in total. The van der Waals surface area contributed by atoms with Crippen molar-refractivity contribution in [2.45, 2.75) is 39.2 Å². The van der Waals surface area contributed by atoms with Crippen LogP contribution in [0.1, 0.15) is 32.3 Å². The molecule has 1 rings (SSSR count). The summed E-state index contributed by atoms with van der Waals surface area (Å²) in [7, 11) is 0. The molecule has 0 bridgehead atoms. The molecule has 0 fully saturated rings. The fraction of sp³-hybridized carbons (Fsp3) is 0.444. The normalized spacial score (nSPS) is 11.8. The van der Waals surface area contributed by atoms with Crippen LogP contribution in [0, 0.1) is 5.92 Å². The van der Waals surface area contributed by atoms with Crippen LogP contribution in [0.4, 0.5) is 0 Å². The highest BCUT2D eigenvalue weighted by molar-refractivity contribution is 5.83. The molecule has 0 heterocycles. The molecule has 0 aromatic heterocycles. The van der Waals surface area contributed by atoms with E-state index >= 15 is 0 Å². The molecule has 0 radical (unpaired) electrons. The number of nitrogens with one attached hydrogen (secondary N) is 1. The third-order valence-corrected chi connectivity index (χ3v) is 3.26. The molecular weight excluding hydrogens is 294 g/mol. The van der Waals surface area contributed by atoms with Crippen LogP contribution in [-0.2, 0) is 16.0 Å². The molecule has 0 aliphatic rings. The standard InChI is InChI=1S/C18H25NO4/c1-4-7-14-8-5-6-9-16(14)23-11-10-17(20)19-15(18(21)22)12-13(2)3/h4-6,8-9,13,15H,1,7,10-12H2,2-3H3,(H,19,20)(H,21,22). The van der Waals surface area contributed by atoms with Crippen molar-refractivity contribution in [2.24, 2.45) is 5.92 Å². The molecule has 0 saturated carbocycles. The number of aliphatic carboxylic acids is 1. The minimum atomic E-state index is -1.01. The summed E-state index contributed by atoms with van der Waals surface area (Å²) in [5, 5.41) is 11.7. The predicted molar refractivity (Wildman–Crippen MR) is 89.5 cm³/mol. The number of para-hydroxylation sites is 1. The van der Waals surface area contributed by atoms with E-state index in [-0.39, 0.29) is 24.9 Å². The number of carbonyl (C=O) groups is 2. The molecule has 1 atom stereocenters. The lowest BCUT2D eigenvalue weighted by Crippen LogP contribution is -2.42. The van der Waals surface area contributed by atoms with Crippen molar-refractivity contribution in [3.63, 3.8) is 0 Å². The second-order valence-electron chi connectivity index (χ2n) is 5.79. The lowest BCUT2D eigenvalue weighted by atomic mass is 10.0. The molecule has 0 saturated heterocycles. The van der Waals surface area contributed by atoms with Gasteiger partial charge in [-0.15, -0.1) is 6.58 Å². The van der Waals surface area contributed by atoms with Crippen LogP contribution < -0.4 is 10.1 Å². The Morgan fingerprint density at radius 1 is 1.35 bits per heavy atom. The molecule has 0 aliphatic carbocycles. The van der Waals surface area contributed by atoms with Crippen LogP contribution in [0.5, 0.6) is 5.75 Å². The fourth-order valence-corrected chi connectivity index (χ4v) is 2.18. The number of hydrogen-bond donors (Lipinski definition) is 2. The monoisotopic (exact) mass is 319 g/mol. The smallest absolute Gasteiger partial charge is 0.326 e. The number of hydrogen-bond acceptors (Lipinski definition) is 3. The number of carboxylic acid groups (broad SMARTS) is 1. The van der Waals surface area contributed by atoms with Gasteiger partial charge < -0.3 is 15.2 Å². The zero-order valence-electron chi connectivity index (χ0n) is 13.7. The molecule has 5 heteroatoms. The molecular formula is C18H25NO4. The van der Waals surface area contributed by atoms with Crippen molar-refractivity contribution in [3.05, 3.63) is 42.5 Å². The molecule has 1 aromatic carbocycles. The Morgan fingerprint density at radius 2 is 2.04 bits per heavy atom. The Labute approximate surface area is 137 Å². The second kappa shape index (κ2) is 9.66. The Morgan fingerprint density at radius 3 is 2.65 bits per heavy atom. The van der Waals surface area contributed by atoms with Gasteiger partial charge in [-0.1, -0.05) is 38.1 Å². The summed E-state index contributed by atoms with van der Waals surface area (Å²) >= 11 is 0. The number of ether oxygens (including phenoxy) is 1. The van der Waals surface area contributed by atoms with E-state index in [1.807, 2.05) is 38.1 Å². The Hall–Kier alpha value is -2.30. The van der Waals surface area contributed by atoms with Gasteiger partial charge in [0, 0.05) is 0 Å². The predicted octanol–water partition coefficient (Wildman–Crippen LogP) is 2.80. The maximum absolute atomic E-state index is 11.9. The topological polar surface area (TPSA) is 75.6 Å². The largest absolute Gasteiger partial charge is 0.493 e. The first-order valence-corrected chi connectivity index (χ1v) is 7.77. The van der Waals surface area contributed by atoms with E-state index in [9.17, 15) is 9.59 Å². The van der Waals surface area contributed by atoms with Crippen molar-refractivity contribution in [1.82, 2.24) is 5.32 Å². The van der Waals surface area contributed by atoms with Gasteiger partial charge in [0.1, 0.15) is 11.8 Å².